The number of aromatic nitrogens is 2. The van der Waals surface area contributed by atoms with Crippen molar-refractivity contribution in [3.8, 4) is 11.3 Å². The van der Waals surface area contributed by atoms with Crippen molar-refractivity contribution in [3.05, 3.63) is 60.0 Å². The molecule has 3 heterocycles. The van der Waals surface area contributed by atoms with Crippen molar-refractivity contribution in [2.24, 2.45) is 0 Å². The Morgan fingerprint density at radius 2 is 2.06 bits per heavy atom. The molecule has 1 aliphatic heterocycles. The lowest BCUT2D eigenvalue weighted by molar-refractivity contribution is 0.0497. The van der Waals surface area contributed by atoms with Gasteiger partial charge in [-0.25, -0.2) is 9.18 Å². The van der Waals surface area contributed by atoms with Crippen LogP contribution in [0.2, 0.25) is 0 Å². The number of carbonyl (C=O) groups is 1. The number of carbonyl (C=O) groups excluding carboxylic acids is 1. The van der Waals surface area contributed by atoms with Crippen LogP contribution in [0.3, 0.4) is 0 Å². The number of hydrogen-bond acceptors (Lipinski definition) is 5. The van der Waals surface area contributed by atoms with Gasteiger partial charge in [0, 0.05) is 43.0 Å². The summed E-state index contributed by atoms with van der Waals surface area (Å²) in [6.45, 7) is 7.12. The summed E-state index contributed by atoms with van der Waals surface area (Å²) in [6.07, 6.45) is 11.6. The number of anilines is 2. The molecule has 35 heavy (non-hydrogen) atoms. The van der Waals surface area contributed by atoms with Crippen molar-refractivity contribution in [3.63, 3.8) is 0 Å². The zero-order valence-corrected chi connectivity index (χ0v) is 20.6. The zero-order valence-electron chi connectivity index (χ0n) is 20.6. The molecule has 1 unspecified atom stereocenters. The maximum atomic E-state index is 13.2. The monoisotopic (exact) mass is 479 g/mol. The molecule has 0 bridgehead atoms. The van der Waals surface area contributed by atoms with E-state index in [9.17, 15) is 9.18 Å². The van der Waals surface area contributed by atoms with E-state index in [0.29, 0.717) is 12.1 Å². The molecule has 7 nitrogen and oxygen atoms in total. The topological polar surface area (TPSA) is 96.3 Å². The highest BCUT2D eigenvalue weighted by atomic mass is 19.1. The first kappa shape index (κ1) is 24.6. The summed E-state index contributed by atoms with van der Waals surface area (Å²) >= 11 is 0. The van der Waals surface area contributed by atoms with E-state index in [4.69, 9.17) is 10.5 Å². The lowest BCUT2D eigenvalue weighted by atomic mass is 10.0. The standard InChI is InChI=1S/C27H34FN5O2/c1-27(2,3)35-26(34)31-21-11-14-33(15-12-21)25-23(29)17-24(32-25)19-10-13-30-22(16-19)9-6-18-4-7-20(28)8-5-18/h4-7,9-10,13,16-17,20-21,32H,8,11-12,14-15,29H2,1-3H3,(H,31,34)/b9-6+. The normalized spacial score (nSPS) is 19.1. The maximum absolute atomic E-state index is 13.2. The summed E-state index contributed by atoms with van der Waals surface area (Å²) in [5.41, 5.74) is 10.2. The van der Waals surface area contributed by atoms with Gasteiger partial charge < -0.3 is 25.7 Å². The number of alkyl carbamates (subject to hydrolysis) is 1. The van der Waals surface area contributed by atoms with Gasteiger partial charge in [-0.15, -0.1) is 0 Å². The number of piperidine rings is 1. The molecule has 0 saturated carbocycles. The number of aromatic amines is 1. The van der Waals surface area contributed by atoms with Gasteiger partial charge in [0.2, 0.25) is 0 Å². The fourth-order valence-electron chi connectivity index (χ4n) is 4.22. The average molecular weight is 480 g/mol. The summed E-state index contributed by atoms with van der Waals surface area (Å²) in [5.74, 6) is 0.892. The van der Waals surface area contributed by atoms with Gasteiger partial charge in [-0.2, -0.15) is 0 Å². The third kappa shape index (κ3) is 6.74. The van der Waals surface area contributed by atoms with Crippen molar-refractivity contribution in [1.29, 1.82) is 0 Å². The molecule has 1 saturated heterocycles. The number of rotatable bonds is 5. The number of ether oxygens (including phenoxy) is 1. The number of hydrogen-bond donors (Lipinski definition) is 3. The minimum Gasteiger partial charge on any atom is -0.444 e. The van der Waals surface area contributed by atoms with E-state index in [1.165, 1.54) is 0 Å². The Morgan fingerprint density at radius 1 is 1.29 bits per heavy atom. The van der Waals surface area contributed by atoms with Gasteiger partial charge in [0.1, 0.15) is 17.6 Å². The Labute approximate surface area is 205 Å². The number of nitrogens with two attached hydrogens (primary N) is 1. The van der Waals surface area contributed by atoms with E-state index in [0.717, 1.165) is 54.3 Å². The summed E-state index contributed by atoms with van der Waals surface area (Å²) in [5, 5.41) is 2.97. The van der Waals surface area contributed by atoms with Crippen LogP contribution in [0.1, 0.15) is 45.7 Å². The average Bonchev–Trinajstić information content (AvgIpc) is 3.20. The predicted molar refractivity (Wildman–Crippen MR) is 139 cm³/mol. The molecule has 0 radical (unpaired) electrons. The van der Waals surface area contributed by atoms with Gasteiger partial charge in [0.25, 0.3) is 0 Å². The molecule has 1 fully saturated rings. The Hall–Kier alpha value is -3.55. The van der Waals surface area contributed by atoms with Gasteiger partial charge in [-0.05, 0) is 69.5 Å². The van der Waals surface area contributed by atoms with Crippen LogP contribution in [0, 0.1) is 0 Å². The summed E-state index contributed by atoms with van der Waals surface area (Å²) in [4.78, 5) is 22.2. The number of nitrogen functional groups attached to an aromatic ring is 1. The summed E-state index contributed by atoms with van der Waals surface area (Å²) in [6, 6.07) is 5.96. The van der Waals surface area contributed by atoms with Crippen molar-refractivity contribution >= 4 is 23.7 Å². The van der Waals surface area contributed by atoms with E-state index in [2.05, 4.69) is 20.2 Å². The van der Waals surface area contributed by atoms with E-state index in [1.807, 2.05) is 57.2 Å². The van der Waals surface area contributed by atoms with Gasteiger partial charge in [-0.3, -0.25) is 4.98 Å². The molecule has 0 aromatic carbocycles. The molecule has 2 aliphatic rings. The Morgan fingerprint density at radius 3 is 2.74 bits per heavy atom. The first-order chi connectivity index (χ1) is 16.7. The second-order valence-electron chi connectivity index (χ2n) is 10.0. The molecule has 2 aromatic rings. The molecule has 8 heteroatoms. The zero-order chi connectivity index (χ0) is 25.0. The number of alkyl halides is 1. The molecule has 4 rings (SSSR count). The molecular weight excluding hydrogens is 445 g/mol. The van der Waals surface area contributed by atoms with Crippen LogP contribution in [-0.2, 0) is 4.74 Å². The minimum absolute atomic E-state index is 0.0798. The Bertz CT molecular complexity index is 1140. The van der Waals surface area contributed by atoms with Gasteiger partial charge >= 0.3 is 6.09 Å². The van der Waals surface area contributed by atoms with Crippen molar-refractivity contribution < 1.29 is 13.9 Å². The smallest absolute Gasteiger partial charge is 0.407 e. The van der Waals surface area contributed by atoms with Crippen LogP contribution >= 0.6 is 0 Å². The lowest BCUT2D eigenvalue weighted by Gasteiger charge is -2.33. The van der Waals surface area contributed by atoms with E-state index in [1.54, 1.807) is 18.3 Å². The van der Waals surface area contributed by atoms with Crippen molar-refractivity contribution in [2.75, 3.05) is 23.7 Å². The van der Waals surface area contributed by atoms with Crippen LogP contribution < -0.4 is 16.0 Å². The number of halogens is 1. The van der Waals surface area contributed by atoms with Crippen LogP contribution in [0.4, 0.5) is 20.7 Å². The molecule has 4 N–H and O–H groups in total. The highest BCUT2D eigenvalue weighted by Crippen LogP contribution is 2.31. The molecule has 1 amide bonds. The number of nitrogens with one attached hydrogen (secondary N) is 2. The maximum Gasteiger partial charge on any atom is 0.407 e. The number of amides is 1. The predicted octanol–water partition coefficient (Wildman–Crippen LogP) is 5.39. The quantitative estimate of drug-likeness (QED) is 0.534. The van der Waals surface area contributed by atoms with E-state index in [-0.39, 0.29) is 12.1 Å². The highest BCUT2D eigenvalue weighted by Gasteiger charge is 2.25. The van der Waals surface area contributed by atoms with Gasteiger partial charge in [0.15, 0.2) is 0 Å². The molecule has 1 atom stereocenters. The Kier molecular flexibility index (Phi) is 7.28. The first-order valence-corrected chi connectivity index (χ1v) is 12.1. The highest BCUT2D eigenvalue weighted by molar-refractivity contribution is 5.76. The molecule has 1 aliphatic carbocycles. The summed E-state index contributed by atoms with van der Waals surface area (Å²) in [7, 11) is 0. The second kappa shape index (κ2) is 10.4. The summed E-state index contributed by atoms with van der Waals surface area (Å²) < 4.78 is 18.6. The van der Waals surface area contributed by atoms with Crippen LogP contribution in [-0.4, -0.2) is 47.0 Å². The van der Waals surface area contributed by atoms with Gasteiger partial charge in [0.05, 0.1) is 11.4 Å². The third-order valence-electron chi connectivity index (χ3n) is 5.97. The van der Waals surface area contributed by atoms with Crippen molar-refractivity contribution in [2.45, 2.75) is 57.8 Å². The van der Waals surface area contributed by atoms with E-state index < -0.39 is 11.8 Å². The number of nitrogens with zero attached hydrogens (tertiary/aromatic N) is 2. The molecule has 0 spiro atoms. The van der Waals surface area contributed by atoms with Gasteiger partial charge in [-0.1, -0.05) is 18.2 Å². The minimum atomic E-state index is -0.895. The fourth-order valence-corrected chi connectivity index (χ4v) is 4.22. The largest absolute Gasteiger partial charge is 0.444 e. The van der Waals surface area contributed by atoms with E-state index >= 15 is 0 Å². The van der Waals surface area contributed by atoms with Crippen LogP contribution in [0.5, 0.6) is 0 Å². The first-order valence-electron chi connectivity index (χ1n) is 12.1. The fraction of sp³-hybridized carbons (Fsp3) is 0.407. The second-order valence-corrected chi connectivity index (χ2v) is 10.0. The molecule has 2 aromatic heterocycles. The lowest BCUT2D eigenvalue weighted by Crippen LogP contribution is -2.46. The molecule has 186 valence electrons. The molecular formula is C27H34FN5O2. The number of H-pyrrole nitrogens is 1. The SMILES string of the molecule is CC(C)(C)OC(=O)NC1CCN(c2[nH]c(-c3ccnc(/C=C/C4=CCC(F)C=C4)c3)cc2N)CC1. The Balaban J connectivity index is 1.38. The number of pyridine rings is 1. The number of allylic oxidation sites excluding steroid dienone is 5. The van der Waals surface area contributed by atoms with Crippen LogP contribution in [0.15, 0.2) is 54.3 Å². The van der Waals surface area contributed by atoms with Crippen LogP contribution in [0.25, 0.3) is 17.3 Å². The van der Waals surface area contributed by atoms with Crippen molar-refractivity contribution in [1.82, 2.24) is 15.3 Å². The third-order valence-corrected chi connectivity index (χ3v) is 5.97.